The van der Waals surface area contributed by atoms with Crippen LogP contribution in [0.3, 0.4) is 0 Å². The monoisotopic (exact) mass is 360 g/mol. The van der Waals surface area contributed by atoms with Crippen LogP contribution in [0.15, 0.2) is 59.2 Å². The van der Waals surface area contributed by atoms with E-state index in [1.54, 1.807) is 6.20 Å². The number of hydrogen-bond donors (Lipinski definition) is 1. The summed E-state index contributed by atoms with van der Waals surface area (Å²) in [6.07, 6.45) is 1.80. The molecular weight excluding hydrogens is 348 g/mol. The Morgan fingerprint density at radius 1 is 1.05 bits per heavy atom. The van der Waals surface area contributed by atoms with Crippen molar-refractivity contribution < 1.29 is 0 Å². The molecule has 3 aromatic rings. The highest BCUT2D eigenvalue weighted by atomic mass is 79.9. The Kier molecular flexibility index (Phi) is 4.54. The van der Waals surface area contributed by atoms with E-state index >= 15 is 0 Å². The molecule has 1 heterocycles. The van der Waals surface area contributed by atoms with Gasteiger partial charge in [0, 0.05) is 34.2 Å². The summed E-state index contributed by atoms with van der Waals surface area (Å²) in [5.41, 5.74) is 3.37. The summed E-state index contributed by atoms with van der Waals surface area (Å²) >= 11 is 9.70. The SMILES string of the molecule is Clc1ccc(CNCc2cccc(Br)c2)c2ncccc12. The molecule has 0 aliphatic carbocycles. The first-order chi connectivity index (χ1) is 10.2. The first-order valence-corrected chi connectivity index (χ1v) is 7.88. The molecule has 0 aliphatic rings. The molecule has 21 heavy (non-hydrogen) atoms. The van der Waals surface area contributed by atoms with E-state index in [1.165, 1.54) is 5.56 Å². The number of rotatable bonds is 4. The molecule has 4 heteroatoms. The normalized spacial score (nSPS) is 11.0. The van der Waals surface area contributed by atoms with Crippen LogP contribution in [-0.4, -0.2) is 4.98 Å². The van der Waals surface area contributed by atoms with Crippen LogP contribution in [0.25, 0.3) is 10.9 Å². The number of aromatic nitrogens is 1. The largest absolute Gasteiger partial charge is 0.309 e. The lowest BCUT2D eigenvalue weighted by Gasteiger charge is -2.09. The van der Waals surface area contributed by atoms with Gasteiger partial charge < -0.3 is 5.32 Å². The molecule has 0 fully saturated rings. The molecule has 2 nitrogen and oxygen atoms in total. The van der Waals surface area contributed by atoms with Gasteiger partial charge in [-0.05, 0) is 41.5 Å². The van der Waals surface area contributed by atoms with E-state index in [1.807, 2.05) is 36.4 Å². The van der Waals surface area contributed by atoms with Crippen molar-refractivity contribution >= 4 is 38.4 Å². The molecule has 1 N–H and O–H groups in total. The minimum atomic E-state index is 0.744. The molecule has 0 radical (unpaired) electrons. The molecule has 0 spiro atoms. The van der Waals surface area contributed by atoms with Gasteiger partial charge in [-0.1, -0.05) is 45.7 Å². The highest BCUT2D eigenvalue weighted by molar-refractivity contribution is 9.10. The maximum atomic E-state index is 6.21. The molecule has 0 bridgehead atoms. The van der Waals surface area contributed by atoms with E-state index in [2.05, 4.69) is 38.4 Å². The molecule has 106 valence electrons. The fourth-order valence-corrected chi connectivity index (χ4v) is 2.99. The van der Waals surface area contributed by atoms with Gasteiger partial charge in [-0.25, -0.2) is 0 Å². The zero-order valence-corrected chi connectivity index (χ0v) is 13.7. The van der Waals surface area contributed by atoms with Gasteiger partial charge in [0.15, 0.2) is 0 Å². The van der Waals surface area contributed by atoms with Gasteiger partial charge in [0.05, 0.1) is 5.52 Å². The second-order valence-electron chi connectivity index (χ2n) is 4.84. The number of fused-ring (bicyclic) bond motifs is 1. The van der Waals surface area contributed by atoms with E-state index in [-0.39, 0.29) is 0 Å². The third kappa shape index (κ3) is 3.43. The fourth-order valence-electron chi connectivity index (χ4n) is 2.33. The van der Waals surface area contributed by atoms with Gasteiger partial charge in [0.25, 0.3) is 0 Å². The molecular formula is C17H14BrClN2. The number of halogens is 2. The maximum absolute atomic E-state index is 6.21. The lowest BCUT2D eigenvalue weighted by atomic mass is 10.1. The van der Waals surface area contributed by atoms with Crippen molar-refractivity contribution in [2.75, 3.05) is 0 Å². The number of benzene rings is 2. The summed E-state index contributed by atoms with van der Waals surface area (Å²) in [6, 6.07) is 16.2. The summed E-state index contributed by atoms with van der Waals surface area (Å²) in [5, 5.41) is 5.20. The average molecular weight is 362 g/mol. The number of hydrogen-bond acceptors (Lipinski definition) is 2. The van der Waals surface area contributed by atoms with Crippen LogP contribution in [0.2, 0.25) is 5.02 Å². The fraction of sp³-hybridized carbons (Fsp3) is 0.118. The van der Waals surface area contributed by atoms with Crippen LogP contribution in [0.1, 0.15) is 11.1 Å². The van der Waals surface area contributed by atoms with Crippen LogP contribution >= 0.6 is 27.5 Å². The van der Waals surface area contributed by atoms with Gasteiger partial charge >= 0.3 is 0 Å². The highest BCUT2D eigenvalue weighted by Gasteiger charge is 2.05. The molecule has 1 aromatic heterocycles. The number of pyridine rings is 1. The van der Waals surface area contributed by atoms with E-state index < -0.39 is 0 Å². The van der Waals surface area contributed by atoms with Gasteiger partial charge in [0.2, 0.25) is 0 Å². The third-order valence-electron chi connectivity index (χ3n) is 3.33. The highest BCUT2D eigenvalue weighted by Crippen LogP contribution is 2.24. The maximum Gasteiger partial charge on any atom is 0.0761 e. The molecule has 0 aliphatic heterocycles. The molecule has 2 aromatic carbocycles. The van der Waals surface area contributed by atoms with Crippen LogP contribution in [-0.2, 0) is 13.1 Å². The smallest absolute Gasteiger partial charge is 0.0761 e. The summed E-state index contributed by atoms with van der Waals surface area (Å²) < 4.78 is 1.10. The van der Waals surface area contributed by atoms with Crippen molar-refractivity contribution in [1.29, 1.82) is 0 Å². The van der Waals surface area contributed by atoms with E-state index in [9.17, 15) is 0 Å². The molecule has 0 saturated heterocycles. The molecule has 3 rings (SSSR count). The molecule has 0 amide bonds. The van der Waals surface area contributed by atoms with Gasteiger partial charge in [-0.3, -0.25) is 4.98 Å². The lowest BCUT2D eigenvalue weighted by molar-refractivity contribution is 0.695. The Bertz CT molecular complexity index is 774. The van der Waals surface area contributed by atoms with Crippen LogP contribution in [0.4, 0.5) is 0 Å². The second kappa shape index (κ2) is 6.56. The minimum absolute atomic E-state index is 0.744. The van der Waals surface area contributed by atoms with E-state index in [0.717, 1.165) is 39.1 Å². The van der Waals surface area contributed by atoms with Crippen LogP contribution in [0.5, 0.6) is 0 Å². The molecule has 0 atom stereocenters. The topological polar surface area (TPSA) is 24.9 Å². The van der Waals surface area contributed by atoms with Gasteiger partial charge in [-0.2, -0.15) is 0 Å². The van der Waals surface area contributed by atoms with Gasteiger partial charge in [-0.15, -0.1) is 0 Å². The Morgan fingerprint density at radius 3 is 2.81 bits per heavy atom. The van der Waals surface area contributed by atoms with Crippen LogP contribution < -0.4 is 5.32 Å². The van der Waals surface area contributed by atoms with E-state index in [0.29, 0.717) is 0 Å². The molecule has 0 saturated carbocycles. The summed E-state index contributed by atoms with van der Waals surface area (Å²) in [4.78, 5) is 4.45. The Balaban J connectivity index is 1.75. The van der Waals surface area contributed by atoms with Crippen LogP contribution in [0, 0.1) is 0 Å². The predicted molar refractivity (Wildman–Crippen MR) is 91.4 cm³/mol. The number of nitrogens with zero attached hydrogens (tertiary/aromatic N) is 1. The summed E-state index contributed by atoms with van der Waals surface area (Å²) in [7, 11) is 0. The second-order valence-corrected chi connectivity index (χ2v) is 6.16. The van der Waals surface area contributed by atoms with Crippen molar-refractivity contribution in [3.63, 3.8) is 0 Å². The standard InChI is InChI=1S/C17H14BrClN2/c18-14-4-1-3-12(9-14)10-20-11-13-6-7-16(19)15-5-2-8-21-17(13)15/h1-9,20H,10-11H2. The zero-order chi connectivity index (χ0) is 14.7. The van der Waals surface area contributed by atoms with Crippen molar-refractivity contribution in [3.05, 3.63) is 75.4 Å². The first-order valence-electron chi connectivity index (χ1n) is 6.71. The Morgan fingerprint density at radius 2 is 1.95 bits per heavy atom. The predicted octanol–water partition coefficient (Wildman–Crippen LogP) is 4.94. The summed E-state index contributed by atoms with van der Waals surface area (Å²) in [6.45, 7) is 1.58. The van der Waals surface area contributed by atoms with Crippen molar-refractivity contribution in [2.24, 2.45) is 0 Å². The zero-order valence-electron chi connectivity index (χ0n) is 11.3. The molecule has 0 unspecified atom stereocenters. The summed E-state index contributed by atoms with van der Waals surface area (Å²) in [5.74, 6) is 0. The Labute approximate surface area is 137 Å². The van der Waals surface area contributed by atoms with Crippen molar-refractivity contribution in [3.8, 4) is 0 Å². The quantitative estimate of drug-likeness (QED) is 0.712. The first kappa shape index (κ1) is 14.5. The van der Waals surface area contributed by atoms with Crippen molar-refractivity contribution in [1.82, 2.24) is 10.3 Å². The third-order valence-corrected chi connectivity index (χ3v) is 4.16. The van der Waals surface area contributed by atoms with E-state index in [4.69, 9.17) is 11.6 Å². The Hall–Kier alpha value is -1.42. The average Bonchev–Trinajstić information content (AvgIpc) is 2.50. The lowest BCUT2D eigenvalue weighted by Crippen LogP contribution is -2.13. The number of nitrogens with one attached hydrogen (secondary N) is 1. The van der Waals surface area contributed by atoms with Crippen molar-refractivity contribution in [2.45, 2.75) is 13.1 Å². The minimum Gasteiger partial charge on any atom is -0.309 e. The van der Waals surface area contributed by atoms with Gasteiger partial charge in [0.1, 0.15) is 0 Å².